The normalized spacial score (nSPS) is 24.3. The van der Waals surface area contributed by atoms with Crippen molar-refractivity contribution in [1.82, 2.24) is 9.80 Å². The van der Waals surface area contributed by atoms with Crippen LogP contribution in [-0.2, 0) is 9.53 Å². The lowest BCUT2D eigenvalue weighted by Crippen LogP contribution is -2.75. The molecule has 3 rings (SSSR count). The van der Waals surface area contributed by atoms with E-state index >= 15 is 0 Å². The second-order valence-corrected chi connectivity index (χ2v) is 10.5. The van der Waals surface area contributed by atoms with Gasteiger partial charge in [0.25, 0.3) is 0 Å². The van der Waals surface area contributed by atoms with Crippen LogP contribution in [0, 0.1) is 6.92 Å². The number of hydrogen-bond donors (Lipinski definition) is 1. The fraction of sp³-hybridized carbons (Fsp3) is 0.536. The molecule has 1 heterocycles. The number of nitrogens with zero attached hydrogens (tertiary/aromatic N) is 2. The second-order valence-electron chi connectivity index (χ2n) is 10.2. The fourth-order valence-corrected chi connectivity index (χ4v) is 4.80. The first kappa shape index (κ1) is 16.7. The van der Waals surface area contributed by atoms with Crippen molar-refractivity contribution in [2.45, 2.75) is 71.1 Å². The monoisotopic (exact) mass is 495 g/mol. The fourth-order valence-electron chi connectivity index (χ4n) is 4.70. The lowest BCUT2D eigenvalue weighted by atomic mass is 9.73. The molecule has 1 aliphatic heterocycles. The third-order valence-electron chi connectivity index (χ3n) is 6.99. The molecule has 2 aromatic rings. The molecule has 0 aromatic heterocycles. The smallest absolute Gasteiger partial charge is 0.329 e. The number of hydrogen-bond acceptors (Lipinski definition) is 4. The summed E-state index contributed by atoms with van der Waals surface area (Å²) in [7, 11) is 0. The summed E-state index contributed by atoms with van der Waals surface area (Å²) >= 11 is 6.29. The second kappa shape index (κ2) is 9.98. The number of carboxylic acids is 1. The van der Waals surface area contributed by atoms with Crippen molar-refractivity contribution in [3.8, 4) is 0 Å². The molecule has 1 aliphatic rings. The van der Waals surface area contributed by atoms with E-state index in [1.807, 2.05) is 41.5 Å². The molecule has 0 saturated carbocycles. The van der Waals surface area contributed by atoms with Crippen LogP contribution in [-0.4, -0.2) is 63.8 Å². The molecule has 0 unspecified atom stereocenters. The van der Waals surface area contributed by atoms with E-state index in [9.17, 15) is 6.17 Å². The predicted molar refractivity (Wildman–Crippen MR) is 139 cm³/mol. The van der Waals surface area contributed by atoms with Crippen LogP contribution in [0.5, 0.6) is 0 Å². The first-order valence-electron chi connectivity index (χ1n) is 15.7. The Morgan fingerprint density at radius 3 is 2.41 bits per heavy atom. The van der Waals surface area contributed by atoms with Gasteiger partial charge in [0.05, 0.1) is 25.0 Å². The molecule has 0 spiro atoms. The highest BCUT2D eigenvalue weighted by atomic mass is 35.5. The number of carboxylic acid groups (broad SMARTS) is 1. The molecule has 0 aliphatic carbocycles. The summed E-state index contributed by atoms with van der Waals surface area (Å²) in [6.07, 6.45) is 0. The van der Waals surface area contributed by atoms with E-state index < -0.39 is 83.1 Å². The van der Waals surface area contributed by atoms with Gasteiger partial charge in [-0.3, -0.25) is 9.80 Å². The van der Waals surface area contributed by atoms with Crippen LogP contribution < -0.4 is 0 Å². The summed E-state index contributed by atoms with van der Waals surface area (Å²) in [4.78, 5) is 14.8. The van der Waals surface area contributed by atoms with E-state index in [0.717, 1.165) is 0 Å². The van der Waals surface area contributed by atoms with E-state index in [-0.39, 0.29) is 41.9 Å². The highest BCUT2D eigenvalue weighted by molar-refractivity contribution is 6.31. The lowest BCUT2D eigenvalue weighted by Gasteiger charge is -2.64. The number of piperazine rings is 1. The summed E-state index contributed by atoms with van der Waals surface area (Å²) in [6.45, 7) is 12.8. The molecular weight excluding hydrogens is 448 g/mol. The topological polar surface area (TPSA) is 53.0 Å². The molecule has 5 nitrogen and oxygen atoms in total. The van der Waals surface area contributed by atoms with Crippen molar-refractivity contribution < 1.29 is 27.0 Å². The minimum absolute atomic E-state index is 0.0817. The zero-order valence-electron chi connectivity index (χ0n) is 29.9. The summed E-state index contributed by atoms with van der Waals surface area (Å²) in [5.74, 6) is -1.10. The Labute approximate surface area is 222 Å². The van der Waals surface area contributed by atoms with E-state index in [2.05, 4.69) is 4.90 Å². The molecule has 34 heavy (non-hydrogen) atoms. The Balaban J connectivity index is 2.40. The van der Waals surface area contributed by atoms with Crippen LogP contribution in [0.3, 0.4) is 0 Å². The van der Waals surface area contributed by atoms with Gasteiger partial charge in [-0.2, -0.15) is 0 Å². The largest absolute Gasteiger partial charge is 0.480 e. The molecule has 0 bridgehead atoms. The van der Waals surface area contributed by atoms with Gasteiger partial charge in [0, 0.05) is 34.7 Å². The summed E-state index contributed by atoms with van der Waals surface area (Å²) in [5.41, 5.74) is -3.18. The number of halogens is 1. The van der Waals surface area contributed by atoms with E-state index in [4.69, 9.17) is 32.4 Å². The van der Waals surface area contributed by atoms with Crippen molar-refractivity contribution in [2.75, 3.05) is 26.3 Å². The van der Waals surface area contributed by atoms with Gasteiger partial charge in [-0.05, 0) is 71.2 Å². The molecule has 0 amide bonds. The summed E-state index contributed by atoms with van der Waals surface area (Å²) in [5, 5.41) is 8.93. The standard InChI is InChI=1S/C28H39ClN2O3/c1-20-17-22(13-14-23(20)29)25(21-11-9-8-10-12-21)30-15-16-31(28(6,7)27(30,4)5)26(2,3)19-34-18-24(32)33/h8-14,17,25H,15-16,18-19H2,1-7H3,(H,32,33)/t25-/m1/s1/i8D,9D,10D,11D,12D,13D,14D,17D,25D. The average Bonchev–Trinajstić information content (AvgIpc) is 2.89. The molecule has 1 saturated heterocycles. The van der Waals surface area contributed by atoms with E-state index in [1.54, 1.807) is 4.90 Å². The average molecular weight is 496 g/mol. The molecule has 6 heteroatoms. The van der Waals surface area contributed by atoms with Gasteiger partial charge in [-0.15, -0.1) is 0 Å². The quantitative estimate of drug-likeness (QED) is 0.502. The predicted octanol–water partition coefficient (Wildman–Crippen LogP) is 5.79. The van der Waals surface area contributed by atoms with Gasteiger partial charge >= 0.3 is 5.97 Å². The van der Waals surface area contributed by atoms with Gasteiger partial charge < -0.3 is 9.84 Å². The molecule has 1 atom stereocenters. The minimum atomic E-state index is -2.40. The first-order chi connectivity index (χ1) is 19.5. The molecular formula is C28H39ClN2O3. The van der Waals surface area contributed by atoms with Crippen LogP contribution in [0.2, 0.25) is 5.02 Å². The van der Waals surface area contributed by atoms with Crippen molar-refractivity contribution in [2.24, 2.45) is 0 Å². The Kier molecular flexibility index (Phi) is 4.90. The van der Waals surface area contributed by atoms with Crippen molar-refractivity contribution >= 4 is 17.6 Å². The number of ether oxygens (including phenoxy) is 1. The Hall–Kier alpha value is -1.92. The Morgan fingerprint density at radius 1 is 1.15 bits per heavy atom. The zero-order chi connectivity index (χ0) is 33.2. The summed E-state index contributed by atoms with van der Waals surface area (Å²) < 4.78 is 84.6. The van der Waals surface area contributed by atoms with Crippen molar-refractivity contribution in [3.63, 3.8) is 0 Å². The zero-order valence-corrected chi connectivity index (χ0v) is 21.6. The Bertz CT molecular complexity index is 1340. The van der Waals surface area contributed by atoms with Crippen LogP contribution in [0.25, 0.3) is 0 Å². The van der Waals surface area contributed by atoms with Gasteiger partial charge in [0.1, 0.15) is 6.61 Å². The van der Waals surface area contributed by atoms with Crippen molar-refractivity contribution in [3.05, 3.63) is 70.1 Å². The molecule has 1 N–H and O–H groups in total. The van der Waals surface area contributed by atoms with Gasteiger partial charge in [0.2, 0.25) is 0 Å². The highest BCUT2D eigenvalue weighted by Gasteiger charge is 2.54. The number of benzene rings is 2. The SMILES string of the molecule is [2H]c1c([2H])c([2H])c([C@]([2H])(c2c([2H])c([2H])c(Cl)c(C)c2[2H])N2CCN(C(C)(C)COCC(=O)O)C(C)(C)C2(C)C)c([2H])c1[2H]. The van der Waals surface area contributed by atoms with Crippen molar-refractivity contribution in [1.29, 1.82) is 0 Å². The molecule has 186 valence electrons. The van der Waals surface area contributed by atoms with Crippen LogP contribution in [0.4, 0.5) is 0 Å². The van der Waals surface area contributed by atoms with Crippen LogP contribution in [0.15, 0.2) is 48.3 Å². The highest BCUT2D eigenvalue weighted by Crippen LogP contribution is 2.46. The summed E-state index contributed by atoms with van der Waals surface area (Å²) in [6, 6.07) is -6.93. The van der Waals surface area contributed by atoms with E-state index in [1.165, 1.54) is 6.92 Å². The molecule has 2 aromatic carbocycles. The maximum Gasteiger partial charge on any atom is 0.329 e. The number of aliphatic carboxylic acids is 1. The van der Waals surface area contributed by atoms with Crippen LogP contribution in [0.1, 0.15) is 76.6 Å². The van der Waals surface area contributed by atoms with Crippen LogP contribution >= 0.6 is 11.6 Å². The number of carbonyl (C=O) groups is 1. The third-order valence-corrected chi connectivity index (χ3v) is 7.37. The maximum atomic E-state index is 11.1. The molecule has 0 radical (unpaired) electrons. The Morgan fingerprint density at radius 2 is 1.79 bits per heavy atom. The maximum absolute atomic E-state index is 11.1. The molecule has 1 fully saturated rings. The van der Waals surface area contributed by atoms with Gasteiger partial charge in [-0.25, -0.2) is 4.79 Å². The lowest BCUT2D eigenvalue weighted by molar-refractivity contribution is -0.155. The number of rotatable bonds is 8. The van der Waals surface area contributed by atoms with E-state index in [0.29, 0.717) is 0 Å². The van der Waals surface area contributed by atoms with Gasteiger partial charge in [-0.1, -0.05) is 53.9 Å². The van der Waals surface area contributed by atoms with Gasteiger partial charge in [0.15, 0.2) is 0 Å². The third kappa shape index (κ3) is 5.18. The first-order valence-corrected chi connectivity index (χ1v) is 11.6. The minimum Gasteiger partial charge on any atom is -0.480 e.